The first-order chi connectivity index (χ1) is 8.13. The monoisotopic (exact) mass is 239 g/mol. The number of benzene rings is 1. The number of hydrogen-bond acceptors (Lipinski definition) is 3. The van der Waals surface area contributed by atoms with E-state index in [4.69, 9.17) is 10.5 Å². The van der Waals surface area contributed by atoms with Crippen LogP contribution in [-0.2, 0) is 0 Å². The van der Waals surface area contributed by atoms with Crippen LogP contribution in [0.2, 0.25) is 0 Å². The molecule has 0 unspecified atom stereocenters. The smallest absolute Gasteiger partial charge is 0.131 e. The summed E-state index contributed by atoms with van der Waals surface area (Å²) in [7, 11) is 1.48. The summed E-state index contributed by atoms with van der Waals surface area (Å²) in [6, 6.07) is 3.88. The van der Waals surface area contributed by atoms with Gasteiger partial charge in [-0.05, 0) is 24.8 Å². The number of ether oxygens (including phenoxy) is 1. The van der Waals surface area contributed by atoms with Crippen LogP contribution in [0.5, 0.6) is 5.75 Å². The summed E-state index contributed by atoms with van der Waals surface area (Å²) in [5.41, 5.74) is 6.26. The summed E-state index contributed by atoms with van der Waals surface area (Å²) in [6.45, 7) is 0. The number of aliphatic hydroxyl groups excluding tert-OH is 1. The average Bonchev–Trinajstić information content (AvgIpc) is 2.25. The third-order valence-electron chi connectivity index (χ3n) is 3.57. The molecule has 1 aliphatic rings. The van der Waals surface area contributed by atoms with Crippen LogP contribution in [0.1, 0.15) is 30.9 Å². The van der Waals surface area contributed by atoms with Crippen molar-refractivity contribution in [3.63, 3.8) is 0 Å². The maximum atomic E-state index is 13.8. The molecule has 0 radical (unpaired) electrons. The maximum absolute atomic E-state index is 13.8. The fourth-order valence-electron chi connectivity index (χ4n) is 2.16. The molecule has 2 rings (SSSR count). The van der Waals surface area contributed by atoms with E-state index < -0.39 is 18.0 Å². The van der Waals surface area contributed by atoms with E-state index in [2.05, 4.69) is 0 Å². The zero-order valence-corrected chi connectivity index (χ0v) is 9.90. The van der Waals surface area contributed by atoms with Gasteiger partial charge in [0.25, 0.3) is 0 Å². The molecule has 3 N–H and O–H groups in total. The van der Waals surface area contributed by atoms with Crippen molar-refractivity contribution in [2.45, 2.75) is 31.4 Å². The van der Waals surface area contributed by atoms with Crippen LogP contribution in [0.3, 0.4) is 0 Å². The predicted octanol–water partition coefficient (Wildman–Crippen LogP) is 2.00. The second-order valence-corrected chi connectivity index (χ2v) is 4.59. The van der Waals surface area contributed by atoms with Crippen molar-refractivity contribution in [2.24, 2.45) is 11.7 Å². The molecule has 0 aromatic heterocycles. The summed E-state index contributed by atoms with van der Waals surface area (Å²) in [5, 5.41) is 10.0. The van der Waals surface area contributed by atoms with Crippen LogP contribution in [0, 0.1) is 11.7 Å². The Morgan fingerprint density at radius 2 is 2.18 bits per heavy atom. The molecule has 0 saturated heterocycles. The highest BCUT2D eigenvalue weighted by Gasteiger charge is 2.31. The molecule has 94 valence electrons. The van der Waals surface area contributed by atoms with Crippen molar-refractivity contribution in [1.82, 2.24) is 0 Å². The van der Waals surface area contributed by atoms with Gasteiger partial charge in [-0.1, -0.05) is 12.5 Å². The van der Waals surface area contributed by atoms with Gasteiger partial charge in [0.2, 0.25) is 0 Å². The SMILES string of the molecule is COc1ccc([C@@H](N)[C@@H](O)C2CCC2)c(F)c1. The molecule has 0 heterocycles. The molecular weight excluding hydrogens is 221 g/mol. The lowest BCUT2D eigenvalue weighted by Crippen LogP contribution is -2.36. The van der Waals surface area contributed by atoms with Gasteiger partial charge < -0.3 is 15.6 Å². The summed E-state index contributed by atoms with van der Waals surface area (Å²) >= 11 is 0. The first kappa shape index (κ1) is 12.3. The van der Waals surface area contributed by atoms with E-state index in [1.165, 1.54) is 13.2 Å². The molecule has 17 heavy (non-hydrogen) atoms. The van der Waals surface area contributed by atoms with Gasteiger partial charge >= 0.3 is 0 Å². The highest BCUT2D eigenvalue weighted by Crippen LogP contribution is 2.35. The second kappa shape index (κ2) is 5.02. The van der Waals surface area contributed by atoms with Crippen LogP contribution in [0.25, 0.3) is 0 Å². The van der Waals surface area contributed by atoms with Crippen LogP contribution >= 0.6 is 0 Å². The number of halogens is 1. The Labute approximate surface area is 100 Å². The van der Waals surface area contributed by atoms with E-state index >= 15 is 0 Å². The first-order valence-electron chi connectivity index (χ1n) is 5.90. The Morgan fingerprint density at radius 3 is 2.65 bits per heavy atom. The number of aliphatic hydroxyl groups is 1. The van der Waals surface area contributed by atoms with Crippen LogP contribution in [0.4, 0.5) is 4.39 Å². The third kappa shape index (κ3) is 2.42. The zero-order valence-electron chi connectivity index (χ0n) is 9.90. The van der Waals surface area contributed by atoms with Crippen LogP contribution in [-0.4, -0.2) is 18.3 Å². The minimum Gasteiger partial charge on any atom is -0.497 e. The number of nitrogens with two attached hydrogens (primary N) is 1. The highest BCUT2D eigenvalue weighted by molar-refractivity contribution is 5.31. The fraction of sp³-hybridized carbons (Fsp3) is 0.538. The molecular formula is C13H18FNO2. The van der Waals surface area contributed by atoms with Gasteiger partial charge in [-0.25, -0.2) is 4.39 Å². The van der Waals surface area contributed by atoms with E-state index in [1.807, 2.05) is 0 Å². The van der Waals surface area contributed by atoms with Gasteiger partial charge in [-0.15, -0.1) is 0 Å². The molecule has 0 spiro atoms. The Balaban J connectivity index is 2.15. The van der Waals surface area contributed by atoms with Gasteiger partial charge in [-0.2, -0.15) is 0 Å². The first-order valence-corrected chi connectivity index (χ1v) is 5.90. The molecule has 1 aromatic rings. The zero-order chi connectivity index (χ0) is 12.4. The molecule has 3 nitrogen and oxygen atoms in total. The average molecular weight is 239 g/mol. The number of rotatable bonds is 4. The standard InChI is InChI=1S/C13H18FNO2/c1-17-9-5-6-10(11(14)7-9)12(15)13(16)8-3-2-4-8/h5-8,12-13,16H,2-4,15H2,1H3/t12-,13+/m1/s1. The maximum Gasteiger partial charge on any atom is 0.131 e. The van der Waals surface area contributed by atoms with Gasteiger partial charge in [0.1, 0.15) is 11.6 Å². The minimum atomic E-state index is -0.661. The lowest BCUT2D eigenvalue weighted by molar-refractivity contribution is 0.0404. The van der Waals surface area contributed by atoms with E-state index in [0.717, 1.165) is 19.3 Å². The Morgan fingerprint density at radius 1 is 1.47 bits per heavy atom. The third-order valence-corrected chi connectivity index (χ3v) is 3.57. The predicted molar refractivity (Wildman–Crippen MR) is 63.2 cm³/mol. The van der Waals surface area contributed by atoms with Crippen molar-refractivity contribution in [3.8, 4) is 5.75 Å². The number of hydrogen-bond donors (Lipinski definition) is 2. The van der Waals surface area contributed by atoms with Gasteiger partial charge in [0.15, 0.2) is 0 Å². The van der Waals surface area contributed by atoms with Gasteiger partial charge in [0, 0.05) is 11.6 Å². The van der Waals surface area contributed by atoms with E-state index in [0.29, 0.717) is 11.3 Å². The fourth-order valence-corrected chi connectivity index (χ4v) is 2.16. The molecule has 0 bridgehead atoms. The number of methoxy groups -OCH3 is 1. The quantitative estimate of drug-likeness (QED) is 0.845. The summed E-state index contributed by atoms with van der Waals surface area (Å²) in [5.74, 6) is 0.248. The van der Waals surface area contributed by atoms with E-state index in [9.17, 15) is 9.50 Å². The molecule has 2 atom stereocenters. The molecule has 1 fully saturated rings. The molecule has 1 aromatic carbocycles. The summed E-state index contributed by atoms with van der Waals surface area (Å²) < 4.78 is 18.7. The van der Waals surface area contributed by atoms with Crippen molar-refractivity contribution >= 4 is 0 Å². The second-order valence-electron chi connectivity index (χ2n) is 4.59. The minimum absolute atomic E-state index is 0.214. The van der Waals surface area contributed by atoms with Crippen LogP contribution < -0.4 is 10.5 Å². The van der Waals surface area contributed by atoms with Crippen molar-refractivity contribution < 1.29 is 14.2 Å². The normalized spacial score (nSPS) is 19.5. The van der Waals surface area contributed by atoms with Gasteiger partial charge in [-0.3, -0.25) is 0 Å². The Hall–Kier alpha value is -1.13. The Kier molecular flexibility index (Phi) is 3.64. The molecule has 1 aliphatic carbocycles. The lowest BCUT2D eigenvalue weighted by atomic mass is 9.77. The highest BCUT2D eigenvalue weighted by atomic mass is 19.1. The largest absolute Gasteiger partial charge is 0.497 e. The molecule has 0 amide bonds. The summed E-state index contributed by atoms with van der Waals surface area (Å²) in [4.78, 5) is 0. The summed E-state index contributed by atoms with van der Waals surface area (Å²) in [6.07, 6.45) is 2.42. The van der Waals surface area contributed by atoms with E-state index in [-0.39, 0.29) is 5.92 Å². The van der Waals surface area contributed by atoms with Crippen molar-refractivity contribution in [1.29, 1.82) is 0 Å². The Bertz CT molecular complexity index is 393. The molecule has 4 heteroatoms. The van der Waals surface area contributed by atoms with Crippen LogP contribution in [0.15, 0.2) is 18.2 Å². The van der Waals surface area contributed by atoms with Crippen molar-refractivity contribution in [2.75, 3.05) is 7.11 Å². The van der Waals surface area contributed by atoms with Gasteiger partial charge in [0.05, 0.1) is 19.3 Å². The molecule has 0 aliphatic heterocycles. The lowest BCUT2D eigenvalue weighted by Gasteiger charge is -2.33. The van der Waals surface area contributed by atoms with Crippen molar-refractivity contribution in [3.05, 3.63) is 29.6 Å². The topological polar surface area (TPSA) is 55.5 Å². The van der Waals surface area contributed by atoms with E-state index in [1.54, 1.807) is 12.1 Å². The molecule has 1 saturated carbocycles.